The number of fused-ring (bicyclic) bond motifs is 15. The lowest BCUT2D eigenvalue weighted by atomic mass is 9.70. The maximum atomic E-state index is 2.47. The molecule has 2 heteroatoms. The van der Waals surface area contributed by atoms with Crippen LogP contribution < -0.4 is 0 Å². The van der Waals surface area contributed by atoms with E-state index in [-0.39, 0.29) is 5.41 Å². The average molecular weight is 673 g/mol. The minimum absolute atomic E-state index is 0.346. The van der Waals surface area contributed by atoms with Crippen molar-refractivity contribution in [3.8, 4) is 44.8 Å². The van der Waals surface area contributed by atoms with Crippen LogP contribution in [0.2, 0.25) is 0 Å². The van der Waals surface area contributed by atoms with Crippen LogP contribution in [0.15, 0.2) is 194 Å². The van der Waals surface area contributed by atoms with Gasteiger partial charge in [-0.3, -0.25) is 0 Å². The smallest absolute Gasteiger partial charge is 0.0725 e. The predicted molar refractivity (Wildman–Crippen MR) is 219 cm³/mol. The van der Waals surface area contributed by atoms with E-state index in [1.807, 2.05) is 0 Å². The fraction of sp³-hybridized carbons (Fsp3) is 0.0196. The van der Waals surface area contributed by atoms with E-state index in [0.29, 0.717) is 0 Å². The summed E-state index contributed by atoms with van der Waals surface area (Å²) in [6, 6.07) is 69.6. The van der Waals surface area contributed by atoms with Gasteiger partial charge in [0.2, 0.25) is 0 Å². The third-order valence-corrected chi connectivity index (χ3v) is 12.0. The molecular formula is C51H32N2. The molecule has 0 bridgehead atoms. The molecule has 10 aromatic rings. The summed E-state index contributed by atoms with van der Waals surface area (Å²) in [5.41, 5.74) is 18.9. The Labute approximate surface area is 307 Å². The first-order chi connectivity index (χ1) is 26.3. The van der Waals surface area contributed by atoms with Crippen LogP contribution in [0.5, 0.6) is 0 Å². The Hall–Kier alpha value is -6.90. The van der Waals surface area contributed by atoms with Gasteiger partial charge in [-0.05, 0) is 104 Å². The van der Waals surface area contributed by atoms with Gasteiger partial charge in [-0.2, -0.15) is 0 Å². The van der Waals surface area contributed by atoms with Gasteiger partial charge in [-0.25, -0.2) is 0 Å². The van der Waals surface area contributed by atoms with Gasteiger partial charge in [0.1, 0.15) is 0 Å². The molecule has 0 saturated carbocycles. The quantitative estimate of drug-likeness (QED) is 0.177. The first-order valence-electron chi connectivity index (χ1n) is 18.4. The lowest BCUT2D eigenvalue weighted by Crippen LogP contribution is -2.25. The number of nitrogens with zero attached hydrogens (tertiary/aromatic N) is 2. The van der Waals surface area contributed by atoms with Gasteiger partial charge in [0, 0.05) is 33.7 Å². The molecule has 2 aliphatic rings. The second-order valence-corrected chi connectivity index (χ2v) is 14.5. The van der Waals surface area contributed by atoms with Crippen molar-refractivity contribution < 1.29 is 0 Å². The second-order valence-electron chi connectivity index (χ2n) is 14.5. The minimum Gasteiger partial charge on any atom is -0.316 e. The summed E-state index contributed by atoms with van der Waals surface area (Å²) < 4.78 is 4.76. The van der Waals surface area contributed by atoms with Gasteiger partial charge in [0.25, 0.3) is 0 Å². The molecule has 1 spiro atoms. The molecule has 0 amide bonds. The van der Waals surface area contributed by atoms with Crippen molar-refractivity contribution in [3.05, 3.63) is 217 Å². The molecule has 246 valence electrons. The van der Waals surface area contributed by atoms with Crippen LogP contribution in [0.4, 0.5) is 0 Å². The largest absolute Gasteiger partial charge is 0.316 e. The Morgan fingerprint density at radius 3 is 1.66 bits per heavy atom. The van der Waals surface area contributed by atoms with Crippen molar-refractivity contribution in [1.29, 1.82) is 0 Å². The van der Waals surface area contributed by atoms with Gasteiger partial charge in [0.05, 0.1) is 22.0 Å². The Kier molecular flexibility index (Phi) is 5.73. The molecule has 0 atom stereocenters. The molecule has 0 saturated heterocycles. The number of para-hydroxylation sites is 2. The Bertz CT molecular complexity index is 3040. The highest BCUT2D eigenvalue weighted by Gasteiger charge is 2.51. The Morgan fingerprint density at radius 1 is 0.377 bits per heavy atom. The standard InChI is InChI=1S/C51H32N2/c1-2-12-36(13-3-1)52-31-30-34-25-29-48-49(50(34)52)42-17-7-11-21-47(42)53(48)37-26-22-33(23-27-37)35-24-28-41-40-16-6-10-20-45(40)51(46(41)32-35)43-18-8-4-14-38(43)39-15-5-9-19-44(39)51/h1-32H. The summed E-state index contributed by atoms with van der Waals surface area (Å²) in [6.45, 7) is 0. The molecule has 0 unspecified atom stereocenters. The Morgan fingerprint density at radius 2 is 0.962 bits per heavy atom. The zero-order valence-corrected chi connectivity index (χ0v) is 28.9. The molecule has 0 N–H and O–H groups in total. The van der Waals surface area contributed by atoms with E-state index in [4.69, 9.17) is 0 Å². The highest BCUT2D eigenvalue weighted by atomic mass is 15.0. The summed E-state index contributed by atoms with van der Waals surface area (Å²) >= 11 is 0. The predicted octanol–water partition coefficient (Wildman–Crippen LogP) is 12.7. The van der Waals surface area contributed by atoms with E-state index in [2.05, 4.69) is 203 Å². The van der Waals surface area contributed by atoms with Crippen molar-refractivity contribution in [2.24, 2.45) is 0 Å². The van der Waals surface area contributed by atoms with Crippen molar-refractivity contribution in [2.75, 3.05) is 0 Å². The Balaban J connectivity index is 1.03. The number of hydrogen-bond donors (Lipinski definition) is 0. The second kappa shape index (κ2) is 10.6. The molecule has 53 heavy (non-hydrogen) atoms. The molecule has 2 nitrogen and oxygen atoms in total. The zero-order valence-electron chi connectivity index (χ0n) is 28.9. The minimum atomic E-state index is -0.346. The monoisotopic (exact) mass is 672 g/mol. The van der Waals surface area contributed by atoms with Crippen LogP contribution in [0, 0.1) is 0 Å². The topological polar surface area (TPSA) is 9.86 Å². The molecule has 8 aromatic carbocycles. The van der Waals surface area contributed by atoms with E-state index in [1.54, 1.807) is 0 Å². The van der Waals surface area contributed by atoms with Crippen LogP contribution in [-0.4, -0.2) is 9.13 Å². The van der Waals surface area contributed by atoms with E-state index in [0.717, 1.165) is 5.69 Å². The van der Waals surface area contributed by atoms with Crippen LogP contribution >= 0.6 is 0 Å². The summed E-state index contributed by atoms with van der Waals surface area (Å²) in [4.78, 5) is 0. The summed E-state index contributed by atoms with van der Waals surface area (Å²) in [5.74, 6) is 0. The lowest BCUT2D eigenvalue weighted by molar-refractivity contribution is 0.794. The van der Waals surface area contributed by atoms with Crippen LogP contribution in [-0.2, 0) is 5.41 Å². The van der Waals surface area contributed by atoms with Crippen LogP contribution in [0.3, 0.4) is 0 Å². The molecule has 2 aromatic heterocycles. The maximum absolute atomic E-state index is 2.47. The van der Waals surface area contributed by atoms with Crippen LogP contribution in [0.25, 0.3) is 77.5 Å². The van der Waals surface area contributed by atoms with Crippen molar-refractivity contribution >= 4 is 32.7 Å². The normalized spacial score (nSPS) is 13.4. The SMILES string of the molecule is c1ccc(-n2ccc3ccc4c(c5ccccc5n4-c4ccc(-c5ccc6c(c5)C5(c7ccccc7-c7ccccc75)c5ccccc5-6)cc4)c32)cc1. The van der Waals surface area contributed by atoms with Gasteiger partial charge in [0.15, 0.2) is 0 Å². The molecule has 0 radical (unpaired) electrons. The zero-order chi connectivity index (χ0) is 34.7. The van der Waals surface area contributed by atoms with Gasteiger partial charge in [-0.1, -0.05) is 140 Å². The molecule has 2 heterocycles. The first kappa shape index (κ1) is 28.8. The third-order valence-electron chi connectivity index (χ3n) is 12.0. The summed E-state index contributed by atoms with van der Waals surface area (Å²) in [5, 5.41) is 3.77. The van der Waals surface area contributed by atoms with Gasteiger partial charge in [-0.15, -0.1) is 0 Å². The summed E-state index contributed by atoms with van der Waals surface area (Å²) in [7, 11) is 0. The fourth-order valence-corrected chi connectivity index (χ4v) is 9.84. The van der Waals surface area contributed by atoms with E-state index in [1.165, 1.54) is 94.0 Å². The fourth-order valence-electron chi connectivity index (χ4n) is 9.84. The summed E-state index contributed by atoms with van der Waals surface area (Å²) in [6.07, 6.45) is 2.20. The van der Waals surface area contributed by atoms with E-state index in [9.17, 15) is 0 Å². The van der Waals surface area contributed by atoms with Gasteiger partial charge >= 0.3 is 0 Å². The molecule has 0 fully saturated rings. The lowest BCUT2D eigenvalue weighted by Gasteiger charge is -2.30. The molecular weight excluding hydrogens is 641 g/mol. The number of rotatable bonds is 3. The van der Waals surface area contributed by atoms with E-state index < -0.39 is 0 Å². The highest BCUT2D eigenvalue weighted by molar-refractivity contribution is 6.20. The highest BCUT2D eigenvalue weighted by Crippen LogP contribution is 2.63. The molecule has 12 rings (SSSR count). The number of aromatic nitrogens is 2. The molecule has 0 aliphatic heterocycles. The maximum Gasteiger partial charge on any atom is 0.0725 e. The third kappa shape index (κ3) is 3.72. The van der Waals surface area contributed by atoms with Gasteiger partial charge < -0.3 is 9.13 Å². The van der Waals surface area contributed by atoms with E-state index >= 15 is 0 Å². The van der Waals surface area contributed by atoms with Crippen LogP contribution in [0.1, 0.15) is 22.3 Å². The van der Waals surface area contributed by atoms with Crippen molar-refractivity contribution in [2.45, 2.75) is 5.41 Å². The average Bonchev–Trinajstić information content (AvgIpc) is 3.97. The molecule has 2 aliphatic carbocycles. The van der Waals surface area contributed by atoms with Crippen molar-refractivity contribution in [3.63, 3.8) is 0 Å². The van der Waals surface area contributed by atoms with Crippen molar-refractivity contribution in [1.82, 2.24) is 9.13 Å². The number of benzene rings is 8. The number of hydrogen-bond acceptors (Lipinski definition) is 0. The first-order valence-corrected chi connectivity index (χ1v) is 18.4.